The largest absolute Gasteiger partial charge is 0.493 e. The highest BCUT2D eigenvalue weighted by Gasteiger charge is 2.38. The van der Waals surface area contributed by atoms with Gasteiger partial charge in [0.2, 0.25) is 0 Å². The number of nitro benzene ring substituents is 1. The lowest BCUT2D eigenvalue weighted by molar-refractivity contribution is -0.384. The van der Waals surface area contributed by atoms with Gasteiger partial charge in [-0.25, -0.2) is 18.9 Å². The van der Waals surface area contributed by atoms with Crippen molar-refractivity contribution >= 4 is 41.3 Å². The van der Waals surface area contributed by atoms with Crippen molar-refractivity contribution in [1.29, 1.82) is 0 Å². The van der Waals surface area contributed by atoms with E-state index < -0.39 is 40.1 Å². The number of methoxy groups -OCH3 is 1. The first-order valence-electron chi connectivity index (χ1n) is 10.5. The summed E-state index contributed by atoms with van der Waals surface area (Å²) in [4.78, 5) is 60.8. The Kier molecular flexibility index (Phi) is 6.73. The lowest BCUT2D eigenvalue weighted by atomic mass is 10.1. The molecule has 4 amide bonds. The lowest BCUT2D eigenvalue weighted by Gasteiger charge is -2.26. The van der Waals surface area contributed by atoms with Crippen LogP contribution in [0, 0.1) is 15.9 Å². The lowest BCUT2D eigenvalue weighted by Crippen LogP contribution is -2.54. The third-order valence-corrected chi connectivity index (χ3v) is 5.21. The van der Waals surface area contributed by atoms with Gasteiger partial charge >= 0.3 is 12.0 Å². The Morgan fingerprint density at radius 2 is 1.73 bits per heavy atom. The van der Waals surface area contributed by atoms with E-state index in [0.717, 1.165) is 18.2 Å². The Balaban J connectivity index is 1.60. The molecule has 1 fully saturated rings. The molecule has 0 bridgehead atoms. The molecule has 37 heavy (non-hydrogen) atoms. The molecule has 0 unspecified atom stereocenters. The maximum Gasteiger partial charge on any atom is 0.343 e. The van der Waals surface area contributed by atoms with Crippen LogP contribution in [0.15, 0.2) is 72.3 Å². The van der Waals surface area contributed by atoms with E-state index in [-0.39, 0.29) is 34.0 Å². The second-order valence-corrected chi connectivity index (χ2v) is 7.51. The number of benzene rings is 3. The molecule has 0 aromatic heterocycles. The van der Waals surface area contributed by atoms with Crippen molar-refractivity contribution in [2.45, 2.75) is 0 Å². The second-order valence-electron chi connectivity index (χ2n) is 7.51. The van der Waals surface area contributed by atoms with Crippen molar-refractivity contribution in [3.63, 3.8) is 0 Å². The van der Waals surface area contributed by atoms with Crippen LogP contribution in [-0.2, 0) is 9.59 Å². The SMILES string of the molecule is COc1cc(/C=C2\C(=O)NC(=O)N(c3ccccc3F)C2=O)ccc1OC(=O)c1ccc([N+](=O)[O-])cc1. The zero-order valence-electron chi connectivity index (χ0n) is 19.0. The normalized spacial score (nSPS) is 14.4. The number of imide groups is 2. The number of ether oxygens (including phenoxy) is 2. The van der Waals surface area contributed by atoms with Crippen LogP contribution in [0.1, 0.15) is 15.9 Å². The molecule has 0 saturated carbocycles. The second kappa shape index (κ2) is 10.1. The fraction of sp³-hybridized carbons (Fsp3) is 0.0400. The minimum absolute atomic E-state index is 0.00409. The van der Waals surface area contributed by atoms with E-state index in [4.69, 9.17) is 9.47 Å². The first kappa shape index (κ1) is 24.7. The van der Waals surface area contributed by atoms with Crippen molar-refractivity contribution in [2.75, 3.05) is 12.0 Å². The molecule has 186 valence electrons. The molecule has 1 aliphatic rings. The van der Waals surface area contributed by atoms with Gasteiger partial charge < -0.3 is 9.47 Å². The highest BCUT2D eigenvalue weighted by molar-refractivity contribution is 6.39. The van der Waals surface area contributed by atoms with Gasteiger partial charge in [0.25, 0.3) is 17.5 Å². The predicted octanol–water partition coefficient (Wildman–Crippen LogP) is 3.63. The van der Waals surface area contributed by atoms with Crippen LogP contribution in [0.4, 0.5) is 20.6 Å². The molecule has 0 spiro atoms. The molecule has 1 saturated heterocycles. The summed E-state index contributed by atoms with van der Waals surface area (Å²) < 4.78 is 24.8. The summed E-state index contributed by atoms with van der Waals surface area (Å²) in [5.41, 5.74) is -0.632. The monoisotopic (exact) mass is 505 g/mol. The number of hydrogen-bond donors (Lipinski definition) is 1. The smallest absolute Gasteiger partial charge is 0.343 e. The number of esters is 1. The first-order chi connectivity index (χ1) is 17.7. The number of carbonyl (C=O) groups is 4. The Labute approximate surface area is 207 Å². The minimum atomic E-state index is -1.09. The molecule has 0 atom stereocenters. The van der Waals surface area contributed by atoms with Gasteiger partial charge in [-0.3, -0.25) is 25.0 Å². The number of rotatable bonds is 6. The number of nitrogens with zero attached hydrogens (tertiary/aromatic N) is 2. The van der Waals surface area contributed by atoms with Gasteiger partial charge in [0, 0.05) is 12.1 Å². The Morgan fingerprint density at radius 1 is 1.03 bits per heavy atom. The van der Waals surface area contributed by atoms with Crippen molar-refractivity contribution < 1.29 is 38.0 Å². The molecular formula is C25H16FN3O8. The van der Waals surface area contributed by atoms with E-state index in [1.165, 1.54) is 61.7 Å². The van der Waals surface area contributed by atoms with E-state index in [9.17, 15) is 33.7 Å². The highest BCUT2D eigenvalue weighted by atomic mass is 19.1. The van der Waals surface area contributed by atoms with E-state index in [0.29, 0.717) is 4.90 Å². The molecule has 1 N–H and O–H groups in total. The summed E-state index contributed by atoms with van der Waals surface area (Å²) >= 11 is 0. The zero-order chi connectivity index (χ0) is 26.7. The summed E-state index contributed by atoms with van der Waals surface area (Å²) in [6.07, 6.45) is 1.17. The topological polar surface area (TPSA) is 145 Å². The number of anilines is 1. The zero-order valence-corrected chi connectivity index (χ0v) is 19.0. The molecule has 4 rings (SSSR count). The van der Waals surface area contributed by atoms with Crippen molar-refractivity contribution in [3.8, 4) is 11.5 Å². The third kappa shape index (κ3) is 5.03. The molecule has 12 heteroatoms. The molecule has 0 radical (unpaired) electrons. The van der Waals surface area contributed by atoms with Crippen LogP contribution in [0.25, 0.3) is 6.08 Å². The van der Waals surface area contributed by atoms with Crippen LogP contribution in [-0.4, -0.2) is 35.8 Å². The van der Waals surface area contributed by atoms with Crippen LogP contribution < -0.4 is 19.7 Å². The van der Waals surface area contributed by atoms with Gasteiger partial charge in [-0.1, -0.05) is 18.2 Å². The average Bonchev–Trinajstić information content (AvgIpc) is 2.88. The summed E-state index contributed by atoms with van der Waals surface area (Å²) in [7, 11) is 1.30. The predicted molar refractivity (Wildman–Crippen MR) is 126 cm³/mol. The molecule has 11 nitrogen and oxygen atoms in total. The first-order valence-corrected chi connectivity index (χ1v) is 10.5. The number of halogens is 1. The molecule has 1 heterocycles. The Morgan fingerprint density at radius 3 is 2.38 bits per heavy atom. The number of nitrogens with one attached hydrogen (secondary N) is 1. The third-order valence-electron chi connectivity index (χ3n) is 5.21. The van der Waals surface area contributed by atoms with Crippen molar-refractivity contribution in [1.82, 2.24) is 5.32 Å². The summed E-state index contributed by atoms with van der Waals surface area (Å²) in [5.74, 6) is -3.59. The highest BCUT2D eigenvalue weighted by Crippen LogP contribution is 2.31. The van der Waals surface area contributed by atoms with Crippen LogP contribution >= 0.6 is 0 Å². The maximum atomic E-state index is 14.2. The van der Waals surface area contributed by atoms with Gasteiger partial charge in [0.15, 0.2) is 11.5 Å². The average molecular weight is 505 g/mol. The van der Waals surface area contributed by atoms with Crippen molar-refractivity contribution in [3.05, 3.63) is 99.4 Å². The maximum absolute atomic E-state index is 14.2. The fourth-order valence-corrected chi connectivity index (χ4v) is 3.41. The van der Waals surface area contributed by atoms with E-state index >= 15 is 0 Å². The number of urea groups is 1. The number of hydrogen-bond acceptors (Lipinski definition) is 8. The molecule has 3 aromatic rings. The number of non-ortho nitro benzene ring substituents is 1. The van der Waals surface area contributed by atoms with Gasteiger partial charge in [-0.15, -0.1) is 0 Å². The van der Waals surface area contributed by atoms with Crippen LogP contribution in [0.3, 0.4) is 0 Å². The molecular weight excluding hydrogens is 489 g/mol. The Bertz CT molecular complexity index is 1480. The van der Waals surface area contributed by atoms with Gasteiger partial charge in [-0.2, -0.15) is 0 Å². The van der Waals surface area contributed by atoms with Crippen LogP contribution in [0.2, 0.25) is 0 Å². The molecule has 0 aliphatic carbocycles. The number of amides is 4. The summed E-state index contributed by atoms with van der Waals surface area (Å²) in [6, 6.07) is 12.9. The summed E-state index contributed by atoms with van der Waals surface area (Å²) in [6.45, 7) is 0. The Hall–Kier alpha value is -5.39. The summed E-state index contributed by atoms with van der Waals surface area (Å²) in [5, 5.41) is 12.8. The van der Waals surface area contributed by atoms with E-state index in [2.05, 4.69) is 0 Å². The van der Waals surface area contributed by atoms with E-state index in [1.54, 1.807) is 0 Å². The number of carbonyl (C=O) groups excluding carboxylic acids is 4. The molecule has 1 aliphatic heterocycles. The van der Waals surface area contributed by atoms with Gasteiger partial charge in [-0.05, 0) is 48.0 Å². The fourth-order valence-electron chi connectivity index (χ4n) is 3.41. The number of para-hydroxylation sites is 1. The van der Waals surface area contributed by atoms with E-state index in [1.807, 2.05) is 5.32 Å². The van der Waals surface area contributed by atoms with Crippen molar-refractivity contribution in [2.24, 2.45) is 0 Å². The molecule has 3 aromatic carbocycles. The quantitative estimate of drug-likeness (QED) is 0.134. The van der Waals surface area contributed by atoms with Gasteiger partial charge in [0.1, 0.15) is 11.4 Å². The number of nitro groups is 1. The number of barbiturate groups is 1. The van der Waals surface area contributed by atoms with Crippen LogP contribution in [0.5, 0.6) is 11.5 Å². The van der Waals surface area contributed by atoms with Gasteiger partial charge in [0.05, 0.1) is 23.3 Å². The minimum Gasteiger partial charge on any atom is -0.493 e. The standard InChI is InChI=1S/C25H16FN3O8/c1-36-21-13-14(6-11-20(21)37-24(32)15-7-9-16(10-8-15)29(34)35)12-17-22(30)27-25(33)28(23(17)31)19-5-3-2-4-18(19)26/h2-13H,1H3,(H,27,30,33)/b17-12+.